The molecule has 2 atom stereocenters. The summed E-state index contributed by atoms with van der Waals surface area (Å²) in [6.45, 7) is 7.09. The number of benzene rings is 1. The third-order valence-electron chi connectivity index (χ3n) is 6.49. The Bertz CT molecular complexity index is 925. The Kier molecular flexibility index (Phi) is 2.30. The highest BCUT2D eigenvalue weighted by Gasteiger charge is 2.61. The quantitative estimate of drug-likeness (QED) is 0.683. The fourth-order valence-electron chi connectivity index (χ4n) is 4.62. The van der Waals surface area contributed by atoms with Gasteiger partial charge < -0.3 is 0 Å². The van der Waals surface area contributed by atoms with Gasteiger partial charge in [-0.3, -0.25) is 0 Å². The van der Waals surface area contributed by atoms with E-state index in [9.17, 15) is 0 Å². The van der Waals surface area contributed by atoms with Gasteiger partial charge >= 0.3 is 0 Å². The van der Waals surface area contributed by atoms with Gasteiger partial charge in [0, 0.05) is 16.9 Å². The van der Waals surface area contributed by atoms with Crippen molar-refractivity contribution >= 4 is 5.78 Å². The van der Waals surface area contributed by atoms with Crippen molar-refractivity contribution in [3.8, 4) is 11.3 Å². The third kappa shape index (κ3) is 1.49. The Hall–Kier alpha value is -2.23. The van der Waals surface area contributed by atoms with Gasteiger partial charge in [-0.25, -0.2) is 14.5 Å². The highest BCUT2D eigenvalue weighted by Crippen LogP contribution is 2.66. The van der Waals surface area contributed by atoms with Crippen LogP contribution in [0.25, 0.3) is 17.0 Å². The fourth-order valence-corrected chi connectivity index (χ4v) is 4.62. The average Bonchev–Trinajstić information content (AvgIpc) is 3.11. The Morgan fingerprint density at radius 2 is 1.87 bits per heavy atom. The van der Waals surface area contributed by atoms with Gasteiger partial charge in [-0.1, -0.05) is 51.1 Å². The van der Waals surface area contributed by atoms with Gasteiger partial charge in [0.05, 0.1) is 23.3 Å². The molecule has 2 aliphatic rings. The van der Waals surface area contributed by atoms with Crippen molar-refractivity contribution in [2.24, 2.45) is 5.41 Å². The van der Waals surface area contributed by atoms with Crippen molar-refractivity contribution in [1.29, 1.82) is 0 Å². The van der Waals surface area contributed by atoms with Gasteiger partial charge in [-0.05, 0) is 18.3 Å². The first-order valence-corrected chi connectivity index (χ1v) is 8.34. The SMILES string of the molecule is CC1(C)[C@@H]2CC[C@@]1(C)c1nc3nc(-c4ccccc4)cn3nc12. The molecule has 2 bridgehead atoms. The minimum Gasteiger partial charge on any atom is -0.214 e. The van der Waals surface area contributed by atoms with Crippen molar-refractivity contribution < 1.29 is 0 Å². The van der Waals surface area contributed by atoms with Crippen LogP contribution < -0.4 is 0 Å². The monoisotopic (exact) mass is 304 g/mol. The summed E-state index contributed by atoms with van der Waals surface area (Å²) < 4.78 is 1.86. The van der Waals surface area contributed by atoms with Crippen molar-refractivity contribution in [1.82, 2.24) is 19.6 Å². The summed E-state index contributed by atoms with van der Waals surface area (Å²) in [5.41, 5.74) is 4.77. The third-order valence-corrected chi connectivity index (χ3v) is 6.49. The molecule has 0 amide bonds. The molecule has 0 aliphatic heterocycles. The number of nitrogens with zero attached hydrogens (tertiary/aromatic N) is 4. The number of hydrogen-bond acceptors (Lipinski definition) is 3. The van der Waals surface area contributed by atoms with Crippen LogP contribution in [-0.4, -0.2) is 19.6 Å². The zero-order valence-corrected chi connectivity index (χ0v) is 13.7. The molecule has 0 unspecified atom stereocenters. The van der Waals surface area contributed by atoms with Crippen LogP contribution in [0.5, 0.6) is 0 Å². The number of rotatable bonds is 1. The molecule has 1 fully saturated rings. The lowest BCUT2D eigenvalue weighted by molar-refractivity contribution is 0.227. The van der Waals surface area contributed by atoms with Crippen LogP contribution in [0.3, 0.4) is 0 Å². The molecule has 4 nitrogen and oxygen atoms in total. The molecule has 3 aromatic rings. The van der Waals surface area contributed by atoms with Crippen LogP contribution in [0.4, 0.5) is 0 Å². The maximum Gasteiger partial charge on any atom is 0.251 e. The minimum absolute atomic E-state index is 0.126. The standard InChI is InChI=1S/C19H20N4/c1-18(2)13-9-10-19(18,3)16-15(13)22-23-11-14(20-17(23)21-16)12-7-5-4-6-8-12/h4-8,11,13H,9-10H2,1-3H3/t13-,19+/m1/s1. The average molecular weight is 304 g/mol. The molecular weight excluding hydrogens is 284 g/mol. The number of hydrogen-bond donors (Lipinski definition) is 0. The van der Waals surface area contributed by atoms with Gasteiger partial charge in [0.2, 0.25) is 0 Å². The highest BCUT2D eigenvalue weighted by atomic mass is 15.3. The van der Waals surface area contributed by atoms with E-state index < -0.39 is 0 Å². The molecule has 0 saturated heterocycles. The van der Waals surface area contributed by atoms with Gasteiger partial charge in [0.1, 0.15) is 0 Å². The van der Waals surface area contributed by atoms with E-state index in [-0.39, 0.29) is 10.8 Å². The molecule has 1 aromatic carbocycles. The number of aromatic nitrogens is 4. The molecule has 2 aliphatic carbocycles. The maximum absolute atomic E-state index is 4.94. The second-order valence-corrected chi connectivity index (χ2v) is 7.73. The van der Waals surface area contributed by atoms with E-state index in [1.54, 1.807) is 0 Å². The molecule has 0 spiro atoms. The molecule has 116 valence electrons. The topological polar surface area (TPSA) is 43.1 Å². The minimum atomic E-state index is 0.126. The Labute approximate surface area is 135 Å². The van der Waals surface area contributed by atoms with Gasteiger partial charge in [0.25, 0.3) is 5.78 Å². The van der Waals surface area contributed by atoms with E-state index in [4.69, 9.17) is 15.1 Å². The number of fused-ring (bicyclic) bond motifs is 6. The zero-order valence-electron chi connectivity index (χ0n) is 13.7. The molecule has 0 N–H and O–H groups in total. The van der Waals surface area contributed by atoms with Crippen LogP contribution >= 0.6 is 0 Å². The summed E-state index contributed by atoms with van der Waals surface area (Å²) in [5, 5.41) is 4.92. The van der Waals surface area contributed by atoms with E-state index in [2.05, 4.69) is 32.9 Å². The summed E-state index contributed by atoms with van der Waals surface area (Å²) in [6.07, 6.45) is 4.42. The van der Waals surface area contributed by atoms with Crippen LogP contribution in [0.1, 0.15) is 50.9 Å². The first-order valence-electron chi connectivity index (χ1n) is 8.34. The van der Waals surface area contributed by atoms with Crippen molar-refractivity contribution in [3.63, 3.8) is 0 Å². The van der Waals surface area contributed by atoms with Crippen molar-refractivity contribution in [2.45, 2.75) is 44.9 Å². The van der Waals surface area contributed by atoms with Crippen LogP contribution in [-0.2, 0) is 5.41 Å². The number of imidazole rings is 1. The molecule has 23 heavy (non-hydrogen) atoms. The van der Waals surface area contributed by atoms with Crippen molar-refractivity contribution in [3.05, 3.63) is 47.9 Å². The Morgan fingerprint density at radius 3 is 2.65 bits per heavy atom. The molecule has 2 heterocycles. The highest BCUT2D eigenvalue weighted by molar-refractivity contribution is 5.61. The fraction of sp³-hybridized carbons (Fsp3) is 0.421. The van der Waals surface area contributed by atoms with E-state index in [1.807, 2.05) is 28.9 Å². The molecule has 1 saturated carbocycles. The summed E-state index contributed by atoms with van der Waals surface area (Å²) >= 11 is 0. The summed E-state index contributed by atoms with van der Waals surface area (Å²) in [7, 11) is 0. The summed E-state index contributed by atoms with van der Waals surface area (Å²) in [5.74, 6) is 1.23. The van der Waals surface area contributed by atoms with E-state index in [0.717, 1.165) is 11.3 Å². The largest absolute Gasteiger partial charge is 0.251 e. The Balaban J connectivity index is 1.72. The summed E-state index contributed by atoms with van der Waals surface area (Å²) in [4.78, 5) is 9.65. The normalized spacial score (nSPS) is 27.5. The van der Waals surface area contributed by atoms with Gasteiger partial charge in [-0.15, -0.1) is 0 Å². The van der Waals surface area contributed by atoms with Crippen LogP contribution in [0.15, 0.2) is 36.5 Å². The van der Waals surface area contributed by atoms with Gasteiger partial charge in [-0.2, -0.15) is 5.10 Å². The predicted molar refractivity (Wildman–Crippen MR) is 89.3 cm³/mol. The summed E-state index contributed by atoms with van der Waals surface area (Å²) in [6, 6.07) is 10.2. The molecule has 0 radical (unpaired) electrons. The van der Waals surface area contributed by atoms with Gasteiger partial charge in [0.15, 0.2) is 0 Å². The van der Waals surface area contributed by atoms with E-state index in [0.29, 0.717) is 11.7 Å². The van der Waals surface area contributed by atoms with Crippen LogP contribution in [0.2, 0.25) is 0 Å². The lowest BCUT2D eigenvalue weighted by atomic mass is 9.70. The lowest BCUT2D eigenvalue weighted by Crippen LogP contribution is -2.32. The zero-order chi connectivity index (χ0) is 15.8. The lowest BCUT2D eigenvalue weighted by Gasteiger charge is -2.33. The molecule has 2 aromatic heterocycles. The Morgan fingerprint density at radius 1 is 1.09 bits per heavy atom. The smallest absolute Gasteiger partial charge is 0.214 e. The first kappa shape index (κ1) is 13.2. The van der Waals surface area contributed by atoms with E-state index >= 15 is 0 Å². The molecular formula is C19H20N4. The molecule has 5 rings (SSSR count). The van der Waals surface area contributed by atoms with Crippen molar-refractivity contribution in [2.75, 3.05) is 0 Å². The van der Waals surface area contributed by atoms with E-state index in [1.165, 1.54) is 24.2 Å². The predicted octanol–water partition coefficient (Wildman–Crippen LogP) is 3.97. The maximum atomic E-state index is 4.94. The second kappa shape index (κ2) is 3.99. The first-order chi connectivity index (χ1) is 11.0. The van der Waals surface area contributed by atoms with Crippen LogP contribution in [0, 0.1) is 5.41 Å². The molecule has 4 heteroatoms. The second-order valence-electron chi connectivity index (χ2n) is 7.73.